The highest BCUT2D eigenvalue weighted by Crippen LogP contribution is 2.30. The Morgan fingerprint density at radius 3 is 2.54 bits per heavy atom. The summed E-state index contributed by atoms with van der Waals surface area (Å²) < 4.78 is 10.7. The summed E-state index contributed by atoms with van der Waals surface area (Å²) in [5.74, 6) is 1.19. The Balaban J connectivity index is 1.81. The largest absolute Gasteiger partial charge is 0.495 e. The molecule has 0 aliphatic carbocycles. The smallest absolute Gasteiger partial charge is 0.319 e. The highest BCUT2D eigenvalue weighted by molar-refractivity contribution is 6.31. The standard InChI is InChI=1S/C17H18Cl2N2O3/c1-11-9-15(16(23-2)10-14(11)19)21-17(22)20-7-8-24-13-5-3-12(18)4-6-13/h3-6,9-10H,7-8H2,1-2H3,(H2,20,21,22). The second-order valence-corrected chi connectivity index (χ2v) is 5.83. The van der Waals surface area contributed by atoms with Crippen molar-refractivity contribution in [2.45, 2.75) is 6.92 Å². The number of methoxy groups -OCH3 is 1. The van der Waals surface area contributed by atoms with E-state index >= 15 is 0 Å². The number of carbonyl (C=O) groups is 1. The van der Waals surface area contributed by atoms with Gasteiger partial charge in [0.05, 0.1) is 19.3 Å². The molecule has 0 bridgehead atoms. The summed E-state index contributed by atoms with van der Waals surface area (Å²) in [5.41, 5.74) is 1.40. The number of halogens is 2. The van der Waals surface area contributed by atoms with Gasteiger partial charge in [-0.05, 0) is 42.8 Å². The molecule has 0 aliphatic rings. The van der Waals surface area contributed by atoms with Gasteiger partial charge in [0.2, 0.25) is 0 Å². The number of aryl methyl sites for hydroxylation is 1. The molecule has 0 heterocycles. The Bertz CT molecular complexity index is 706. The number of benzene rings is 2. The first-order chi connectivity index (χ1) is 11.5. The summed E-state index contributed by atoms with van der Waals surface area (Å²) in [5, 5.41) is 6.66. The number of hydrogen-bond acceptors (Lipinski definition) is 3. The molecule has 0 aliphatic heterocycles. The van der Waals surface area contributed by atoms with Crippen LogP contribution in [0.3, 0.4) is 0 Å². The molecule has 7 heteroatoms. The molecule has 0 saturated heterocycles. The van der Waals surface area contributed by atoms with E-state index in [9.17, 15) is 4.79 Å². The monoisotopic (exact) mass is 368 g/mol. The zero-order valence-corrected chi connectivity index (χ0v) is 14.9. The molecule has 0 atom stereocenters. The third-order valence-corrected chi connectivity index (χ3v) is 3.86. The van der Waals surface area contributed by atoms with E-state index in [0.29, 0.717) is 40.4 Å². The first-order valence-corrected chi connectivity index (χ1v) is 8.02. The summed E-state index contributed by atoms with van der Waals surface area (Å²) in [6.07, 6.45) is 0. The minimum Gasteiger partial charge on any atom is -0.495 e. The van der Waals surface area contributed by atoms with E-state index < -0.39 is 0 Å². The maximum Gasteiger partial charge on any atom is 0.319 e. The molecule has 0 fully saturated rings. The van der Waals surface area contributed by atoms with Crippen molar-refractivity contribution in [3.05, 3.63) is 52.0 Å². The molecule has 2 aromatic rings. The quantitative estimate of drug-likeness (QED) is 0.737. The average molecular weight is 369 g/mol. The van der Waals surface area contributed by atoms with Crippen LogP contribution >= 0.6 is 23.2 Å². The third kappa shape index (κ3) is 5.22. The van der Waals surface area contributed by atoms with Crippen LogP contribution in [0.1, 0.15) is 5.56 Å². The van der Waals surface area contributed by atoms with E-state index in [1.54, 1.807) is 36.4 Å². The first kappa shape index (κ1) is 18.2. The predicted molar refractivity (Wildman–Crippen MR) is 96.7 cm³/mol. The molecule has 0 spiro atoms. The molecular formula is C17H18Cl2N2O3. The molecule has 0 saturated carbocycles. The van der Waals surface area contributed by atoms with Gasteiger partial charge in [0.1, 0.15) is 18.1 Å². The number of carbonyl (C=O) groups excluding carboxylic acids is 1. The number of anilines is 1. The Hall–Kier alpha value is -2.11. The second kappa shape index (κ2) is 8.66. The van der Waals surface area contributed by atoms with Gasteiger partial charge in [0, 0.05) is 16.1 Å². The molecule has 128 valence electrons. The number of hydrogen-bond donors (Lipinski definition) is 2. The van der Waals surface area contributed by atoms with Gasteiger partial charge >= 0.3 is 6.03 Å². The van der Waals surface area contributed by atoms with Crippen molar-refractivity contribution in [1.82, 2.24) is 5.32 Å². The van der Waals surface area contributed by atoms with Gasteiger partial charge in [-0.1, -0.05) is 23.2 Å². The lowest BCUT2D eigenvalue weighted by Gasteiger charge is -2.13. The number of ether oxygens (including phenoxy) is 2. The van der Waals surface area contributed by atoms with Crippen LogP contribution in [-0.4, -0.2) is 26.3 Å². The zero-order valence-electron chi connectivity index (χ0n) is 13.4. The third-order valence-electron chi connectivity index (χ3n) is 3.20. The number of amides is 2. The molecule has 0 unspecified atom stereocenters. The van der Waals surface area contributed by atoms with Crippen LogP contribution in [0.2, 0.25) is 10.0 Å². The number of rotatable bonds is 6. The normalized spacial score (nSPS) is 10.2. The molecular weight excluding hydrogens is 351 g/mol. The van der Waals surface area contributed by atoms with E-state index in [0.717, 1.165) is 5.56 Å². The zero-order chi connectivity index (χ0) is 17.5. The van der Waals surface area contributed by atoms with Crippen LogP contribution in [0, 0.1) is 6.92 Å². The summed E-state index contributed by atoms with van der Waals surface area (Å²) in [4.78, 5) is 11.9. The summed E-state index contributed by atoms with van der Waals surface area (Å²) in [6.45, 7) is 2.54. The van der Waals surface area contributed by atoms with Gasteiger partial charge in [-0.15, -0.1) is 0 Å². The van der Waals surface area contributed by atoms with Crippen molar-refractivity contribution < 1.29 is 14.3 Å². The van der Waals surface area contributed by atoms with Gasteiger partial charge in [-0.3, -0.25) is 0 Å². The topological polar surface area (TPSA) is 59.6 Å². The Morgan fingerprint density at radius 2 is 1.88 bits per heavy atom. The molecule has 24 heavy (non-hydrogen) atoms. The molecule has 0 aromatic heterocycles. The highest BCUT2D eigenvalue weighted by Gasteiger charge is 2.10. The van der Waals surface area contributed by atoms with Crippen LogP contribution in [0.4, 0.5) is 10.5 Å². The summed E-state index contributed by atoms with van der Waals surface area (Å²) >= 11 is 11.8. The lowest BCUT2D eigenvalue weighted by molar-refractivity contribution is 0.247. The summed E-state index contributed by atoms with van der Waals surface area (Å²) in [7, 11) is 1.52. The molecule has 2 aromatic carbocycles. The van der Waals surface area contributed by atoms with Gasteiger partial charge in [-0.2, -0.15) is 0 Å². The van der Waals surface area contributed by atoms with Gasteiger partial charge < -0.3 is 20.1 Å². The Kier molecular flexibility index (Phi) is 6.58. The van der Waals surface area contributed by atoms with Crippen LogP contribution in [0.15, 0.2) is 36.4 Å². The van der Waals surface area contributed by atoms with Gasteiger partial charge in [0.25, 0.3) is 0 Å². The SMILES string of the molecule is COc1cc(Cl)c(C)cc1NC(=O)NCCOc1ccc(Cl)cc1. The van der Waals surface area contributed by atoms with E-state index in [1.807, 2.05) is 6.92 Å². The fourth-order valence-corrected chi connectivity index (χ4v) is 2.24. The van der Waals surface area contributed by atoms with Crippen molar-refractivity contribution in [2.75, 3.05) is 25.6 Å². The fraction of sp³-hybridized carbons (Fsp3) is 0.235. The number of nitrogens with one attached hydrogen (secondary N) is 2. The predicted octanol–water partition coefficient (Wildman–Crippen LogP) is 4.51. The van der Waals surface area contributed by atoms with Crippen LogP contribution in [0.5, 0.6) is 11.5 Å². The molecule has 2 rings (SSSR count). The first-order valence-electron chi connectivity index (χ1n) is 7.27. The maximum atomic E-state index is 11.9. The lowest BCUT2D eigenvalue weighted by atomic mass is 10.2. The maximum absolute atomic E-state index is 11.9. The number of urea groups is 1. The van der Waals surface area contributed by atoms with Crippen LogP contribution in [0.25, 0.3) is 0 Å². The Labute approximate surface area is 150 Å². The van der Waals surface area contributed by atoms with E-state index in [1.165, 1.54) is 7.11 Å². The van der Waals surface area contributed by atoms with Crippen molar-refractivity contribution in [3.63, 3.8) is 0 Å². The Morgan fingerprint density at radius 1 is 1.17 bits per heavy atom. The van der Waals surface area contributed by atoms with Crippen LogP contribution < -0.4 is 20.1 Å². The van der Waals surface area contributed by atoms with Crippen molar-refractivity contribution >= 4 is 34.9 Å². The molecule has 2 amide bonds. The summed E-state index contributed by atoms with van der Waals surface area (Å²) in [6, 6.07) is 10.1. The van der Waals surface area contributed by atoms with E-state index in [4.69, 9.17) is 32.7 Å². The lowest BCUT2D eigenvalue weighted by Crippen LogP contribution is -2.32. The molecule has 2 N–H and O–H groups in total. The van der Waals surface area contributed by atoms with Crippen molar-refractivity contribution in [3.8, 4) is 11.5 Å². The van der Waals surface area contributed by atoms with Gasteiger partial charge in [-0.25, -0.2) is 4.79 Å². The average Bonchev–Trinajstić information content (AvgIpc) is 2.56. The second-order valence-electron chi connectivity index (χ2n) is 4.98. The minimum absolute atomic E-state index is 0.339. The minimum atomic E-state index is -0.352. The highest BCUT2D eigenvalue weighted by atomic mass is 35.5. The van der Waals surface area contributed by atoms with Crippen LogP contribution in [-0.2, 0) is 0 Å². The molecule has 0 radical (unpaired) electrons. The molecule has 5 nitrogen and oxygen atoms in total. The fourth-order valence-electron chi connectivity index (χ4n) is 1.96. The van der Waals surface area contributed by atoms with Gasteiger partial charge in [0.15, 0.2) is 0 Å². The van der Waals surface area contributed by atoms with E-state index in [2.05, 4.69) is 10.6 Å². The van der Waals surface area contributed by atoms with Crippen molar-refractivity contribution in [2.24, 2.45) is 0 Å². The van der Waals surface area contributed by atoms with E-state index in [-0.39, 0.29) is 6.03 Å². The van der Waals surface area contributed by atoms with Crippen molar-refractivity contribution in [1.29, 1.82) is 0 Å².